The van der Waals surface area contributed by atoms with E-state index >= 15 is 0 Å². The maximum absolute atomic E-state index is 13.7. The summed E-state index contributed by atoms with van der Waals surface area (Å²) in [4.78, 5) is 12.6. The molecule has 86 valence electrons. The molecule has 0 aliphatic heterocycles. The van der Waals surface area contributed by atoms with Gasteiger partial charge < -0.3 is 0 Å². The van der Waals surface area contributed by atoms with E-state index in [2.05, 4.69) is 0 Å². The van der Waals surface area contributed by atoms with E-state index in [1.54, 1.807) is 12.1 Å². The van der Waals surface area contributed by atoms with Crippen molar-refractivity contribution < 1.29 is 9.18 Å². The van der Waals surface area contributed by atoms with Gasteiger partial charge in [0.1, 0.15) is 5.82 Å². The Morgan fingerprint density at radius 3 is 2.41 bits per heavy atom. The molecule has 0 saturated heterocycles. The van der Waals surface area contributed by atoms with Crippen molar-refractivity contribution in [2.45, 2.75) is 16.7 Å². The molecule has 3 heteroatoms. The number of rotatable bonds is 3. The van der Waals surface area contributed by atoms with Crippen LogP contribution in [0.1, 0.15) is 17.3 Å². The Kier molecular flexibility index (Phi) is 3.59. The first-order valence-corrected chi connectivity index (χ1v) is 6.02. The van der Waals surface area contributed by atoms with Crippen LogP contribution < -0.4 is 0 Å². The second-order valence-corrected chi connectivity index (χ2v) is 4.73. The van der Waals surface area contributed by atoms with Gasteiger partial charge in [0.2, 0.25) is 0 Å². The second-order valence-electron chi connectivity index (χ2n) is 3.62. The van der Waals surface area contributed by atoms with Crippen LogP contribution in [0.4, 0.5) is 4.39 Å². The quantitative estimate of drug-likeness (QED) is 0.756. The molecule has 0 N–H and O–H groups in total. The first kappa shape index (κ1) is 11.9. The average Bonchev–Trinajstić information content (AvgIpc) is 2.33. The molecule has 2 rings (SSSR count). The molecule has 0 bridgehead atoms. The summed E-state index contributed by atoms with van der Waals surface area (Å²) in [5.41, 5.74) is 0.403. The summed E-state index contributed by atoms with van der Waals surface area (Å²) >= 11 is 1.35. The smallest absolute Gasteiger partial charge is 0.159 e. The first-order chi connectivity index (χ1) is 8.16. The van der Waals surface area contributed by atoms with Crippen molar-refractivity contribution in [3.05, 3.63) is 59.9 Å². The normalized spacial score (nSPS) is 10.2. The number of hydrogen-bond donors (Lipinski definition) is 0. The predicted octanol–water partition coefficient (Wildman–Crippen LogP) is 4.18. The standard InChI is InChI=1S/C14H11FOS/c1-10(16)11-7-8-14(13(15)9-11)17-12-5-3-2-4-6-12/h2-9H,1H3. The zero-order valence-corrected chi connectivity index (χ0v) is 10.1. The maximum atomic E-state index is 13.7. The van der Waals surface area contributed by atoms with Crippen LogP contribution in [0.25, 0.3) is 0 Å². The van der Waals surface area contributed by atoms with Gasteiger partial charge in [0, 0.05) is 15.4 Å². The van der Waals surface area contributed by atoms with Gasteiger partial charge in [-0.05, 0) is 31.2 Å². The Morgan fingerprint density at radius 2 is 1.82 bits per heavy atom. The van der Waals surface area contributed by atoms with Gasteiger partial charge in [-0.25, -0.2) is 4.39 Å². The number of Topliss-reactive ketones (excluding diaryl/α,β-unsaturated/α-hetero) is 1. The summed E-state index contributed by atoms with van der Waals surface area (Å²) in [6.07, 6.45) is 0. The molecule has 0 amide bonds. The molecule has 0 aromatic heterocycles. The molecule has 0 radical (unpaired) electrons. The average molecular weight is 246 g/mol. The summed E-state index contributed by atoms with van der Waals surface area (Å²) in [5.74, 6) is -0.480. The number of carbonyl (C=O) groups is 1. The fourth-order valence-electron chi connectivity index (χ4n) is 1.42. The fourth-order valence-corrected chi connectivity index (χ4v) is 2.26. The van der Waals surface area contributed by atoms with Crippen LogP contribution in [0.5, 0.6) is 0 Å². The third-order valence-corrected chi connectivity index (χ3v) is 3.37. The predicted molar refractivity (Wildman–Crippen MR) is 67.0 cm³/mol. The second kappa shape index (κ2) is 5.15. The fraction of sp³-hybridized carbons (Fsp3) is 0.0714. The first-order valence-electron chi connectivity index (χ1n) is 5.20. The molecule has 0 saturated carbocycles. The van der Waals surface area contributed by atoms with E-state index in [1.165, 1.54) is 24.8 Å². The molecule has 2 aromatic rings. The van der Waals surface area contributed by atoms with Gasteiger partial charge in [0.25, 0.3) is 0 Å². The number of carbonyl (C=O) groups excluding carboxylic acids is 1. The van der Waals surface area contributed by atoms with Gasteiger partial charge in [-0.2, -0.15) is 0 Å². The van der Waals surface area contributed by atoms with E-state index in [0.29, 0.717) is 10.5 Å². The minimum absolute atomic E-state index is 0.125. The summed E-state index contributed by atoms with van der Waals surface area (Å²) in [6.45, 7) is 1.43. The molecular formula is C14H11FOS. The van der Waals surface area contributed by atoms with E-state index in [4.69, 9.17) is 0 Å². The Bertz CT molecular complexity index is 537. The molecular weight excluding hydrogens is 235 g/mol. The highest BCUT2D eigenvalue weighted by molar-refractivity contribution is 7.99. The molecule has 0 unspecified atom stereocenters. The minimum Gasteiger partial charge on any atom is -0.295 e. The third kappa shape index (κ3) is 2.94. The highest BCUT2D eigenvalue weighted by Crippen LogP contribution is 2.29. The van der Waals surface area contributed by atoms with E-state index in [9.17, 15) is 9.18 Å². The largest absolute Gasteiger partial charge is 0.295 e. The van der Waals surface area contributed by atoms with Crippen molar-refractivity contribution in [1.82, 2.24) is 0 Å². The lowest BCUT2D eigenvalue weighted by Gasteiger charge is -2.04. The van der Waals surface area contributed by atoms with Gasteiger partial charge in [-0.3, -0.25) is 4.79 Å². The lowest BCUT2D eigenvalue weighted by atomic mass is 10.1. The molecule has 1 nitrogen and oxygen atoms in total. The molecule has 17 heavy (non-hydrogen) atoms. The van der Waals surface area contributed by atoms with Crippen molar-refractivity contribution in [3.63, 3.8) is 0 Å². The van der Waals surface area contributed by atoms with Crippen molar-refractivity contribution in [2.24, 2.45) is 0 Å². The van der Waals surface area contributed by atoms with Crippen molar-refractivity contribution in [2.75, 3.05) is 0 Å². The number of hydrogen-bond acceptors (Lipinski definition) is 2. The Hall–Kier alpha value is -1.61. The molecule has 0 aliphatic rings. The van der Waals surface area contributed by atoms with Crippen LogP contribution in [0.3, 0.4) is 0 Å². The van der Waals surface area contributed by atoms with Crippen molar-refractivity contribution in [3.8, 4) is 0 Å². The van der Waals surface area contributed by atoms with Crippen LogP contribution in [0.2, 0.25) is 0 Å². The van der Waals surface area contributed by atoms with Gasteiger partial charge in [0.05, 0.1) is 0 Å². The van der Waals surface area contributed by atoms with Crippen LogP contribution >= 0.6 is 11.8 Å². The highest BCUT2D eigenvalue weighted by atomic mass is 32.2. The van der Waals surface area contributed by atoms with Gasteiger partial charge >= 0.3 is 0 Å². The van der Waals surface area contributed by atoms with E-state index < -0.39 is 0 Å². The monoisotopic (exact) mass is 246 g/mol. The summed E-state index contributed by atoms with van der Waals surface area (Å²) in [5, 5.41) is 0. The van der Waals surface area contributed by atoms with Crippen LogP contribution in [-0.4, -0.2) is 5.78 Å². The van der Waals surface area contributed by atoms with Crippen molar-refractivity contribution >= 4 is 17.5 Å². The maximum Gasteiger partial charge on any atom is 0.159 e. The number of halogens is 1. The van der Waals surface area contributed by atoms with E-state index in [-0.39, 0.29) is 11.6 Å². The molecule has 0 heterocycles. The lowest BCUT2D eigenvalue weighted by Crippen LogP contribution is -1.93. The van der Waals surface area contributed by atoms with Gasteiger partial charge in [-0.1, -0.05) is 36.0 Å². The SMILES string of the molecule is CC(=O)c1ccc(Sc2ccccc2)c(F)c1. The third-order valence-electron chi connectivity index (χ3n) is 2.31. The Balaban J connectivity index is 2.26. The molecule has 2 aromatic carbocycles. The lowest BCUT2D eigenvalue weighted by molar-refractivity contribution is 0.101. The Morgan fingerprint density at radius 1 is 1.12 bits per heavy atom. The van der Waals surface area contributed by atoms with Crippen LogP contribution in [0.15, 0.2) is 58.3 Å². The summed E-state index contributed by atoms with van der Waals surface area (Å²) in [7, 11) is 0. The van der Waals surface area contributed by atoms with E-state index in [1.807, 2.05) is 30.3 Å². The highest BCUT2D eigenvalue weighted by Gasteiger charge is 2.07. The number of ketones is 1. The number of benzene rings is 2. The molecule has 0 spiro atoms. The van der Waals surface area contributed by atoms with Gasteiger partial charge in [0.15, 0.2) is 5.78 Å². The molecule has 0 aliphatic carbocycles. The van der Waals surface area contributed by atoms with E-state index in [0.717, 1.165) is 4.90 Å². The Labute approximate surface area is 104 Å². The van der Waals surface area contributed by atoms with Crippen molar-refractivity contribution in [1.29, 1.82) is 0 Å². The topological polar surface area (TPSA) is 17.1 Å². The zero-order valence-electron chi connectivity index (χ0n) is 9.31. The van der Waals surface area contributed by atoms with Crippen LogP contribution in [0, 0.1) is 5.82 Å². The van der Waals surface area contributed by atoms with Gasteiger partial charge in [-0.15, -0.1) is 0 Å². The molecule has 0 atom stereocenters. The summed E-state index contributed by atoms with van der Waals surface area (Å²) in [6, 6.07) is 14.1. The van der Waals surface area contributed by atoms with Crippen LogP contribution in [-0.2, 0) is 0 Å². The summed E-state index contributed by atoms with van der Waals surface area (Å²) < 4.78 is 13.7. The minimum atomic E-state index is -0.355. The zero-order chi connectivity index (χ0) is 12.3. The molecule has 0 fully saturated rings.